The quantitative estimate of drug-likeness (QED) is 0.566. The Morgan fingerprint density at radius 3 is 2.70 bits per heavy atom. The van der Waals surface area contributed by atoms with Crippen LogP contribution >= 0.6 is 0 Å². The van der Waals surface area contributed by atoms with Gasteiger partial charge in [-0.25, -0.2) is 8.78 Å². The molecule has 60 valence electrons. The summed E-state index contributed by atoms with van der Waals surface area (Å²) in [4.78, 5) is 10.4. The molecule has 0 aromatic rings. The number of hydrogen-bond donors (Lipinski definition) is 0. The molecule has 0 aliphatic rings. The summed E-state index contributed by atoms with van der Waals surface area (Å²) >= 11 is 0. The van der Waals surface area contributed by atoms with Gasteiger partial charge < -0.3 is 4.74 Å². The van der Waals surface area contributed by atoms with Crippen LogP contribution in [0, 0.1) is 0 Å². The average Bonchev–Trinajstić information content (AvgIpc) is 1.82. The number of hydrogen-bond acceptors (Lipinski definition) is 2. The summed E-state index contributed by atoms with van der Waals surface area (Å²) in [5.74, 6) is -0.687. The van der Waals surface area contributed by atoms with Crippen molar-refractivity contribution in [2.24, 2.45) is 0 Å². The van der Waals surface area contributed by atoms with Crippen LogP contribution in [0.5, 0.6) is 0 Å². The van der Waals surface area contributed by atoms with E-state index in [2.05, 4.69) is 4.74 Å². The van der Waals surface area contributed by atoms with Gasteiger partial charge in [-0.05, 0) is 6.92 Å². The Bertz CT molecular complexity index is 104. The van der Waals surface area contributed by atoms with Crippen LogP contribution in [0.15, 0.2) is 0 Å². The van der Waals surface area contributed by atoms with Crippen molar-refractivity contribution in [2.75, 3.05) is 13.3 Å². The minimum atomic E-state index is -1.22. The monoisotopic (exact) mass is 152 g/mol. The molecule has 0 amide bonds. The van der Waals surface area contributed by atoms with Gasteiger partial charge >= 0.3 is 5.97 Å². The van der Waals surface area contributed by atoms with E-state index in [1.54, 1.807) is 0 Å². The molecule has 0 aliphatic carbocycles. The Morgan fingerprint density at radius 1 is 1.70 bits per heavy atom. The van der Waals surface area contributed by atoms with E-state index < -0.39 is 18.8 Å². The zero-order valence-electron chi connectivity index (χ0n) is 5.77. The second kappa shape index (κ2) is 5.14. The molecule has 0 N–H and O–H groups in total. The topological polar surface area (TPSA) is 26.3 Å². The van der Waals surface area contributed by atoms with Crippen LogP contribution < -0.4 is 0 Å². The van der Waals surface area contributed by atoms with Crippen LogP contribution in [-0.4, -0.2) is 25.4 Å². The highest BCUT2D eigenvalue weighted by molar-refractivity contribution is 5.69. The lowest BCUT2D eigenvalue weighted by Crippen LogP contribution is -2.11. The van der Waals surface area contributed by atoms with E-state index in [4.69, 9.17) is 0 Å². The van der Waals surface area contributed by atoms with Crippen molar-refractivity contribution in [3.8, 4) is 0 Å². The lowest BCUT2D eigenvalue weighted by molar-refractivity contribution is -0.145. The molecule has 0 aromatic carbocycles. The fourth-order valence-corrected chi connectivity index (χ4v) is 0.441. The summed E-state index contributed by atoms with van der Waals surface area (Å²) in [6.07, 6.45) is -1.51. The number of esters is 1. The van der Waals surface area contributed by atoms with Crippen LogP contribution in [0.2, 0.25) is 0 Å². The largest absolute Gasteiger partial charge is 0.463 e. The molecule has 1 unspecified atom stereocenters. The SMILES string of the molecule is CC(F)CC(=O)OCCF. The Labute approximate surface area is 58.2 Å². The molecule has 0 bridgehead atoms. The predicted molar refractivity (Wildman–Crippen MR) is 32.1 cm³/mol. The molecule has 0 saturated heterocycles. The molecule has 0 radical (unpaired) electrons. The Hall–Kier alpha value is -0.670. The third-order valence-electron chi connectivity index (χ3n) is 0.788. The van der Waals surface area contributed by atoms with Crippen LogP contribution in [0.3, 0.4) is 0 Å². The molecule has 2 nitrogen and oxygen atoms in total. The molecule has 0 fully saturated rings. The van der Waals surface area contributed by atoms with Gasteiger partial charge in [0.05, 0.1) is 6.42 Å². The Balaban J connectivity index is 3.26. The molecule has 4 heteroatoms. The minimum absolute atomic E-state index is 0.272. The maximum Gasteiger partial charge on any atom is 0.308 e. The first-order valence-electron chi connectivity index (χ1n) is 3.02. The van der Waals surface area contributed by atoms with Gasteiger partial charge in [0.15, 0.2) is 0 Å². The van der Waals surface area contributed by atoms with E-state index in [1.165, 1.54) is 6.92 Å². The molecular formula is C6H10F2O2. The number of carbonyl (C=O) groups is 1. The number of rotatable bonds is 4. The summed E-state index contributed by atoms with van der Waals surface area (Å²) in [5.41, 5.74) is 0. The molecular weight excluding hydrogens is 142 g/mol. The van der Waals surface area contributed by atoms with Crippen molar-refractivity contribution in [3.05, 3.63) is 0 Å². The summed E-state index contributed by atoms with van der Waals surface area (Å²) < 4.78 is 27.6. The standard InChI is InChI=1S/C6H10F2O2/c1-5(8)4-6(9)10-3-2-7/h5H,2-4H2,1H3. The zero-order valence-corrected chi connectivity index (χ0v) is 5.77. The van der Waals surface area contributed by atoms with E-state index in [9.17, 15) is 13.6 Å². The smallest absolute Gasteiger partial charge is 0.308 e. The lowest BCUT2D eigenvalue weighted by atomic mass is 10.3. The van der Waals surface area contributed by atoms with E-state index in [0.717, 1.165) is 0 Å². The van der Waals surface area contributed by atoms with Gasteiger partial charge in [-0.15, -0.1) is 0 Å². The maximum absolute atomic E-state index is 12.0. The zero-order chi connectivity index (χ0) is 7.98. The third-order valence-corrected chi connectivity index (χ3v) is 0.788. The first-order chi connectivity index (χ1) is 4.66. The van der Waals surface area contributed by atoms with Crippen molar-refractivity contribution in [1.29, 1.82) is 0 Å². The fraction of sp³-hybridized carbons (Fsp3) is 0.833. The van der Waals surface area contributed by atoms with Gasteiger partial charge in [-0.3, -0.25) is 4.79 Å². The molecule has 0 aliphatic heterocycles. The van der Waals surface area contributed by atoms with E-state index >= 15 is 0 Å². The van der Waals surface area contributed by atoms with E-state index in [1.807, 2.05) is 0 Å². The molecule has 0 heterocycles. The Morgan fingerprint density at radius 2 is 2.30 bits per heavy atom. The van der Waals surface area contributed by atoms with Crippen LogP contribution in [0.25, 0.3) is 0 Å². The van der Waals surface area contributed by atoms with Gasteiger partial charge in [0.25, 0.3) is 0 Å². The summed E-state index contributed by atoms with van der Waals surface area (Å²) in [6.45, 7) is 0.259. The summed E-state index contributed by atoms with van der Waals surface area (Å²) in [5, 5.41) is 0. The second-order valence-corrected chi connectivity index (χ2v) is 1.89. The maximum atomic E-state index is 12.0. The first kappa shape index (κ1) is 9.33. The summed E-state index contributed by atoms with van der Waals surface area (Å²) in [7, 11) is 0. The molecule has 10 heavy (non-hydrogen) atoms. The average molecular weight is 152 g/mol. The van der Waals surface area contributed by atoms with Gasteiger partial charge in [-0.2, -0.15) is 0 Å². The van der Waals surface area contributed by atoms with Gasteiger partial charge in [0.2, 0.25) is 0 Å². The molecule has 0 aromatic heterocycles. The molecule has 0 spiro atoms. The Kier molecular flexibility index (Phi) is 4.80. The van der Waals surface area contributed by atoms with Crippen molar-refractivity contribution in [1.82, 2.24) is 0 Å². The van der Waals surface area contributed by atoms with Gasteiger partial charge in [0, 0.05) is 0 Å². The number of alkyl halides is 2. The van der Waals surface area contributed by atoms with E-state index in [-0.39, 0.29) is 13.0 Å². The van der Waals surface area contributed by atoms with Crippen molar-refractivity contribution >= 4 is 5.97 Å². The molecule has 0 saturated carbocycles. The second-order valence-electron chi connectivity index (χ2n) is 1.89. The first-order valence-corrected chi connectivity index (χ1v) is 3.02. The van der Waals surface area contributed by atoms with Crippen molar-refractivity contribution in [3.63, 3.8) is 0 Å². The number of halogens is 2. The summed E-state index contributed by atoms with van der Waals surface area (Å²) in [6, 6.07) is 0. The highest BCUT2D eigenvalue weighted by Crippen LogP contribution is 1.97. The molecule has 1 atom stereocenters. The van der Waals surface area contributed by atoms with E-state index in [0.29, 0.717) is 0 Å². The number of carbonyl (C=O) groups excluding carboxylic acids is 1. The van der Waals surface area contributed by atoms with Crippen LogP contribution in [-0.2, 0) is 9.53 Å². The van der Waals surface area contributed by atoms with Gasteiger partial charge in [-0.1, -0.05) is 0 Å². The minimum Gasteiger partial charge on any atom is -0.463 e. The highest BCUT2D eigenvalue weighted by Gasteiger charge is 2.07. The molecule has 0 rings (SSSR count). The third kappa shape index (κ3) is 5.47. The normalized spacial score (nSPS) is 12.7. The predicted octanol–water partition coefficient (Wildman–Crippen LogP) is 1.25. The highest BCUT2D eigenvalue weighted by atomic mass is 19.1. The lowest BCUT2D eigenvalue weighted by Gasteiger charge is -2.01. The number of ether oxygens (including phenoxy) is 1. The van der Waals surface area contributed by atoms with Crippen molar-refractivity contribution < 1.29 is 18.3 Å². The van der Waals surface area contributed by atoms with Crippen LogP contribution in [0.1, 0.15) is 13.3 Å². The van der Waals surface area contributed by atoms with Gasteiger partial charge in [0.1, 0.15) is 19.5 Å². The fourth-order valence-electron chi connectivity index (χ4n) is 0.441. The van der Waals surface area contributed by atoms with Crippen LogP contribution in [0.4, 0.5) is 8.78 Å². The van der Waals surface area contributed by atoms with Crippen molar-refractivity contribution in [2.45, 2.75) is 19.5 Å².